The van der Waals surface area contributed by atoms with Gasteiger partial charge in [0.1, 0.15) is 11.2 Å². The van der Waals surface area contributed by atoms with Crippen molar-refractivity contribution >= 4 is 23.3 Å². The molecular formula is C14H12N4O2. The van der Waals surface area contributed by atoms with Crippen LogP contribution in [0, 0.1) is 0 Å². The van der Waals surface area contributed by atoms with Crippen LogP contribution < -0.4 is 10.2 Å². The van der Waals surface area contributed by atoms with Crippen LogP contribution in [0.1, 0.15) is 17.5 Å². The second kappa shape index (κ2) is 3.47. The highest BCUT2D eigenvalue weighted by atomic mass is 16.2. The summed E-state index contributed by atoms with van der Waals surface area (Å²) in [6.45, 7) is 0. The topological polar surface area (TPSA) is 78.1 Å². The monoisotopic (exact) mass is 268 g/mol. The lowest BCUT2D eigenvalue weighted by Crippen LogP contribution is -2.45. The minimum atomic E-state index is -0.948. The van der Waals surface area contributed by atoms with Crippen molar-refractivity contribution in [2.45, 2.75) is 11.8 Å². The smallest absolute Gasteiger partial charge is 0.242 e. The highest BCUT2D eigenvalue weighted by Crippen LogP contribution is 2.50. The van der Waals surface area contributed by atoms with E-state index in [9.17, 15) is 9.59 Å². The number of fused-ring (bicyclic) bond motifs is 4. The van der Waals surface area contributed by atoms with Crippen molar-refractivity contribution in [1.82, 2.24) is 10.2 Å². The number of anilines is 2. The molecule has 2 N–H and O–H groups in total. The van der Waals surface area contributed by atoms with Crippen molar-refractivity contribution in [3.05, 3.63) is 41.6 Å². The van der Waals surface area contributed by atoms with Crippen LogP contribution in [0.15, 0.2) is 30.5 Å². The number of benzene rings is 1. The van der Waals surface area contributed by atoms with E-state index in [1.807, 2.05) is 24.3 Å². The van der Waals surface area contributed by atoms with Gasteiger partial charge in [-0.15, -0.1) is 0 Å². The van der Waals surface area contributed by atoms with E-state index in [-0.39, 0.29) is 18.2 Å². The largest absolute Gasteiger partial charge is 0.314 e. The fourth-order valence-corrected chi connectivity index (χ4v) is 3.29. The fraction of sp³-hybridized carbons (Fsp3) is 0.214. The van der Waals surface area contributed by atoms with E-state index in [2.05, 4.69) is 15.5 Å². The number of rotatable bonds is 0. The molecule has 2 amide bonds. The van der Waals surface area contributed by atoms with E-state index in [1.165, 1.54) is 0 Å². The van der Waals surface area contributed by atoms with Crippen LogP contribution in [0.4, 0.5) is 11.5 Å². The summed E-state index contributed by atoms with van der Waals surface area (Å²) in [5.74, 6) is 0.246. The van der Waals surface area contributed by atoms with Gasteiger partial charge < -0.3 is 10.2 Å². The summed E-state index contributed by atoms with van der Waals surface area (Å²) in [5.41, 5.74) is 1.50. The standard InChI is InChI=1S/C14H12N4O2/c1-18-10-5-3-2-4-8(10)14(13(18)20)6-11(19)16-12-9(14)7-15-17-12/h2-5,7H,6H2,1H3,(H2,15,16,17,19). The van der Waals surface area contributed by atoms with Gasteiger partial charge in [0.2, 0.25) is 11.8 Å². The third-order valence-corrected chi connectivity index (χ3v) is 4.18. The third-order valence-electron chi connectivity index (χ3n) is 4.18. The number of aromatic nitrogens is 2. The lowest BCUT2D eigenvalue weighted by molar-refractivity contribution is -0.126. The number of nitrogens with zero attached hydrogens (tertiary/aromatic N) is 2. The quantitative estimate of drug-likeness (QED) is 0.748. The van der Waals surface area contributed by atoms with Gasteiger partial charge in [-0.3, -0.25) is 14.7 Å². The van der Waals surface area contributed by atoms with Crippen LogP contribution in [0.3, 0.4) is 0 Å². The maximum atomic E-state index is 12.8. The van der Waals surface area contributed by atoms with Crippen LogP contribution in [-0.4, -0.2) is 29.1 Å². The van der Waals surface area contributed by atoms with Crippen LogP contribution in [-0.2, 0) is 15.0 Å². The van der Waals surface area contributed by atoms with E-state index in [4.69, 9.17) is 0 Å². The fourth-order valence-electron chi connectivity index (χ4n) is 3.29. The van der Waals surface area contributed by atoms with Gasteiger partial charge in [-0.2, -0.15) is 5.10 Å². The average Bonchev–Trinajstić information content (AvgIpc) is 2.99. The molecule has 0 bridgehead atoms. The molecule has 2 aromatic rings. The van der Waals surface area contributed by atoms with Crippen LogP contribution in [0.2, 0.25) is 0 Å². The van der Waals surface area contributed by atoms with E-state index in [0.717, 1.165) is 16.8 Å². The number of likely N-dealkylation sites (N-methyl/N-ethyl adjacent to an activating group) is 1. The Morgan fingerprint density at radius 1 is 1.25 bits per heavy atom. The van der Waals surface area contributed by atoms with E-state index >= 15 is 0 Å². The number of nitrogens with one attached hydrogen (secondary N) is 2. The molecule has 2 aliphatic rings. The molecule has 0 radical (unpaired) electrons. The lowest BCUT2D eigenvalue weighted by Gasteiger charge is -2.31. The van der Waals surface area contributed by atoms with Crippen LogP contribution in [0.25, 0.3) is 0 Å². The van der Waals surface area contributed by atoms with Gasteiger partial charge in [0, 0.05) is 24.7 Å². The molecule has 6 nitrogen and oxygen atoms in total. The van der Waals surface area contributed by atoms with E-state index in [0.29, 0.717) is 5.82 Å². The SMILES string of the molecule is CN1C(=O)C2(CC(=O)Nc3[nH]ncc32)c2ccccc21. The molecule has 0 saturated carbocycles. The third kappa shape index (κ3) is 1.11. The Hall–Kier alpha value is -2.63. The predicted molar refractivity (Wildman–Crippen MR) is 72.5 cm³/mol. The van der Waals surface area contributed by atoms with Crippen molar-refractivity contribution in [3.63, 3.8) is 0 Å². The minimum Gasteiger partial charge on any atom is -0.314 e. The molecule has 6 heteroatoms. The molecule has 3 heterocycles. The number of carbonyl (C=O) groups is 2. The summed E-state index contributed by atoms with van der Waals surface area (Å²) in [5, 5.41) is 9.46. The van der Waals surface area contributed by atoms with Crippen LogP contribution >= 0.6 is 0 Å². The van der Waals surface area contributed by atoms with Crippen molar-refractivity contribution in [2.75, 3.05) is 17.3 Å². The molecule has 1 unspecified atom stereocenters. The van der Waals surface area contributed by atoms with Crippen LogP contribution in [0.5, 0.6) is 0 Å². The first kappa shape index (κ1) is 11.2. The normalized spacial score (nSPS) is 23.8. The van der Waals surface area contributed by atoms with Crippen molar-refractivity contribution in [1.29, 1.82) is 0 Å². The predicted octanol–water partition coefficient (Wildman–Crippen LogP) is 1.01. The summed E-state index contributed by atoms with van der Waals surface area (Å²) >= 11 is 0. The van der Waals surface area contributed by atoms with Crippen molar-refractivity contribution in [3.8, 4) is 0 Å². The summed E-state index contributed by atoms with van der Waals surface area (Å²) in [6, 6.07) is 7.58. The zero-order valence-electron chi connectivity index (χ0n) is 10.8. The number of H-pyrrole nitrogens is 1. The number of carbonyl (C=O) groups excluding carboxylic acids is 2. The number of amides is 2. The summed E-state index contributed by atoms with van der Waals surface area (Å²) in [4.78, 5) is 26.5. The zero-order chi connectivity index (χ0) is 13.9. The summed E-state index contributed by atoms with van der Waals surface area (Å²) in [6.07, 6.45) is 1.74. The number of aromatic amines is 1. The molecule has 1 atom stereocenters. The van der Waals surface area contributed by atoms with Gasteiger partial charge in [-0.05, 0) is 11.6 Å². The highest BCUT2D eigenvalue weighted by molar-refractivity contribution is 6.15. The van der Waals surface area contributed by atoms with Crippen molar-refractivity contribution < 1.29 is 9.59 Å². The lowest BCUT2D eigenvalue weighted by atomic mass is 9.72. The van der Waals surface area contributed by atoms with Gasteiger partial charge in [0.05, 0.1) is 6.20 Å². The van der Waals surface area contributed by atoms with Gasteiger partial charge in [-0.25, -0.2) is 0 Å². The molecule has 0 aliphatic carbocycles. The first-order valence-electron chi connectivity index (χ1n) is 6.36. The molecule has 100 valence electrons. The zero-order valence-corrected chi connectivity index (χ0v) is 10.8. The van der Waals surface area contributed by atoms with Gasteiger partial charge in [-0.1, -0.05) is 18.2 Å². The Balaban J connectivity index is 2.07. The molecule has 0 saturated heterocycles. The maximum absolute atomic E-state index is 12.8. The Morgan fingerprint density at radius 2 is 2.05 bits per heavy atom. The van der Waals surface area contributed by atoms with E-state index in [1.54, 1.807) is 18.1 Å². The molecule has 1 aromatic carbocycles. The second-order valence-corrected chi connectivity index (χ2v) is 5.17. The second-order valence-electron chi connectivity index (χ2n) is 5.17. The number of hydrogen-bond acceptors (Lipinski definition) is 3. The Labute approximate surface area is 114 Å². The van der Waals surface area contributed by atoms with E-state index < -0.39 is 5.41 Å². The minimum absolute atomic E-state index is 0.0869. The summed E-state index contributed by atoms with van der Waals surface area (Å²) in [7, 11) is 1.74. The first-order valence-corrected chi connectivity index (χ1v) is 6.36. The number of hydrogen-bond donors (Lipinski definition) is 2. The molecule has 0 fully saturated rings. The first-order chi connectivity index (χ1) is 9.64. The van der Waals surface area contributed by atoms with Crippen molar-refractivity contribution in [2.24, 2.45) is 0 Å². The van der Waals surface area contributed by atoms with Gasteiger partial charge in [0.15, 0.2) is 0 Å². The Morgan fingerprint density at radius 3 is 2.90 bits per heavy atom. The maximum Gasteiger partial charge on any atom is 0.242 e. The number of para-hydroxylation sites is 1. The molecule has 20 heavy (non-hydrogen) atoms. The molecule has 1 aromatic heterocycles. The molecule has 1 spiro atoms. The van der Waals surface area contributed by atoms with Gasteiger partial charge in [0.25, 0.3) is 0 Å². The molecule has 4 rings (SSSR count). The Bertz CT molecular complexity index is 751. The summed E-state index contributed by atoms with van der Waals surface area (Å²) < 4.78 is 0. The molecular weight excluding hydrogens is 256 g/mol. The average molecular weight is 268 g/mol. The van der Waals surface area contributed by atoms with Gasteiger partial charge >= 0.3 is 0 Å². The molecule has 2 aliphatic heterocycles. The highest BCUT2D eigenvalue weighted by Gasteiger charge is 2.55. The Kier molecular flexibility index (Phi) is 1.95.